The first kappa shape index (κ1) is 15.2. The number of benzene rings is 1. The Bertz CT molecular complexity index is 599. The molecule has 2 rings (SSSR count). The molecular weight excluding hydrogens is 264 g/mol. The van der Waals surface area contributed by atoms with Gasteiger partial charge in [-0.2, -0.15) is 0 Å². The van der Waals surface area contributed by atoms with Crippen molar-refractivity contribution in [3.8, 4) is 11.5 Å². The van der Waals surface area contributed by atoms with Gasteiger partial charge < -0.3 is 14.8 Å². The van der Waals surface area contributed by atoms with Crippen LogP contribution < -0.4 is 14.8 Å². The van der Waals surface area contributed by atoms with Crippen LogP contribution in [0.1, 0.15) is 30.5 Å². The van der Waals surface area contributed by atoms with Crippen molar-refractivity contribution in [2.45, 2.75) is 26.3 Å². The van der Waals surface area contributed by atoms with Crippen molar-refractivity contribution in [2.75, 3.05) is 19.5 Å². The third-order valence-electron chi connectivity index (χ3n) is 3.43. The maximum absolute atomic E-state index is 5.38. The van der Waals surface area contributed by atoms with E-state index in [0.29, 0.717) is 0 Å². The Morgan fingerprint density at radius 2 is 1.86 bits per heavy atom. The summed E-state index contributed by atoms with van der Waals surface area (Å²) in [6.07, 6.45) is 4.66. The average molecular weight is 286 g/mol. The lowest BCUT2D eigenvalue weighted by atomic mass is 10.0. The Morgan fingerprint density at radius 3 is 2.48 bits per heavy atom. The van der Waals surface area contributed by atoms with Crippen LogP contribution in [0.2, 0.25) is 0 Å². The molecule has 21 heavy (non-hydrogen) atoms. The van der Waals surface area contributed by atoms with Gasteiger partial charge in [-0.3, -0.25) is 4.98 Å². The van der Waals surface area contributed by atoms with Crippen LogP contribution in [0.15, 0.2) is 36.7 Å². The maximum atomic E-state index is 5.38. The molecular formula is C17H22N2O2. The normalized spacial score (nSPS) is 11.8. The molecule has 2 aromatic rings. The second kappa shape index (κ2) is 6.97. The molecule has 0 radical (unpaired) electrons. The van der Waals surface area contributed by atoms with Crippen molar-refractivity contribution in [2.24, 2.45) is 0 Å². The molecule has 112 valence electrons. The summed E-state index contributed by atoms with van der Waals surface area (Å²) in [4.78, 5) is 4.22. The van der Waals surface area contributed by atoms with Crippen molar-refractivity contribution in [1.29, 1.82) is 0 Å². The lowest BCUT2D eigenvalue weighted by Gasteiger charge is -2.20. The van der Waals surface area contributed by atoms with Crippen molar-refractivity contribution in [3.63, 3.8) is 0 Å². The molecule has 1 atom stereocenters. The lowest BCUT2D eigenvalue weighted by molar-refractivity contribution is 0.354. The topological polar surface area (TPSA) is 43.4 Å². The number of anilines is 1. The van der Waals surface area contributed by atoms with E-state index in [2.05, 4.69) is 29.4 Å². The van der Waals surface area contributed by atoms with E-state index in [1.54, 1.807) is 14.2 Å². The Kier molecular flexibility index (Phi) is 5.04. The molecule has 0 amide bonds. The quantitative estimate of drug-likeness (QED) is 0.872. The number of aryl methyl sites for hydroxylation is 1. The molecule has 4 heteroatoms. The third kappa shape index (κ3) is 3.66. The van der Waals surface area contributed by atoms with E-state index < -0.39 is 0 Å². The van der Waals surface area contributed by atoms with Crippen molar-refractivity contribution >= 4 is 5.69 Å². The Labute approximate surface area is 126 Å². The molecule has 0 fully saturated rings. The summed E-state index contributed by atoms with van der Waals surface area (Å²) in [5.41, 5.74) is 3.33. The third-order valence-corrected chi connectivity index (χ3v) is 3.43. The first-order chi connectivity index (χ1) is 10.2. The SMILES string of the molecule is CCC(Nc1cncc(C)c1)c1ccc(OC)c(OC)c1. The zero-order valence-electron chi connectivity index (χ0n) is 13.0. The molecule has 0 aliphatic carbocycles. The minimum Gasteiger partial charge on any atom is -0.493 e. The van der Waals surface area contributed by atoms with E-state index in [9.17, 15) is 0 Å². The summed E-state index contributed by atoms with van der Waals surface area (Å²) in [5.74, 6) is 1.49. The number of rotatable bonds is 6. The van der Waals surface area contributed by atoms with Gasteiger partial charge in [-0.25, -0.2) is 0 Å². The van der Waals surface area contributed by atoms with Gasteiger partial charge in [-0.15, -0.1) is 0 Å². The summed E-state index contributed by atoms with van der Waals surface area (Å²) in [6, 6.07) is 8.31. The zero-order chi connectivity index (χ0) is 15.2. The van der Waals surface area contributed by atoms with Gasteiger partial charge in [0.05, 0.1) is 25.9 Å². The number of nitrogens with zero attached hydrogens (tertiary/aromatic N) is 1. The highest BCUT2D eigenvalue weighted by molar-refractivity contribution is 5.48. The Morgan fingerprint density at radius 1 is 1.10 bits per heavy atom. The van der Waals surface area contributed by atoms with E-state index in [0.717, 1.165) is 34.7 Å². The van der Waals surface area contributed by atoms with Crippen LogP contribution in [0.5, 0.6) is 11.5 Å². The van der Waals surface area contributed by atoms with Crippen LogP contribution in [-0.2, 0) is 0 Å². The average Bonchev–Trinajstić information content (AvgIpc) is 2.52. The summed E-state index contributed by atoms with van der Waals surface area (Å²) in [5, 5.41) is 3.52. The van der Waals surface area contributed by atoms with Crippen molar-refractivity contribution < 1.29 is 9.47 Å². The molecule has 1 aromatic heterocycles. The van der Waals surface area contributed by atoms with Gasteiger partial charge in [0.2, 0.25) is 0 Å². The van der Waals surface area contributed by atoms with E-state index >= 15 is 0 Å². The van der Waals surface area contributed by atoms with Crippen LogP contribution in [0, 0.1) is 6.92 Å². The standard InChI is InChI=1S/C17H22N2O2/c1-5-15(19-14-8-12(2)10-18-11-14)13-6-7-16(20-3)17(9-13)21-4/h6-11,15,19H,5H2,1-4H3. The molecule has 4 nitrogen and oxygen atoms in total. The molecule has 0 bridgehead atoms. The largest absolute Gasteiger partial charge is 0.493 e. The minimum atomic E-state index is 0.202. The summed E-state index contributed by atoms with van der Waals surface area (Å²) >= 11 is 0. The lowest BCUT2D eigenvalue weighted by Crippen LogP contribution is -2.10. The van der Waals surface area contributed by atoms with E-state index in [1.807, 2.05) is 31.5 Å². The summed E-state index contributed by atoms with van der Waals surface area (Å²) in [7, 11) is 3.30. The summed E-state index contributed by atoms with van der Waals surface area (Å²) < 4.78 is 10.7. The van der Waals surface area contributed by atoms with Crippen molar-refractivity contribution in [3.05, 3.63) is 47.8 Å². The maximum Gasteiger partial charge on any atom is 0.161 e. The highest BCUT2D eigenvalue weighted by Gasteiger charge is 2.13. The number of hydrogen-bond donors (Lipinski definition) is 1. The fourth-order valence-corrected chi connectivity index (χ4v) is 2.33. The van der Waals surface area contributed by atoms with Gasteiger partial charge in [-0.1, -0.05) is 13.0 Å². The van der Waals surface area contributed by atoms with Crippen LogP contribution in [-0.4, -0.2) is 19.2 Å². The Hall–Kier alpha value is -2.23. The van der Waals surface area contributed by atoms with Crippen LogP contribution >= 0.6 is 0 Å². The summed E-state index contributed by atoms with van der Waals surface area (Å²) in [6.45, 7) is 4.19. The van der Waals surface area contributed by atoms with E-state index in [-0.39, 0.29) is 6.04 Å². The number of pyridine rings is 1. The first-order valence-electron chi connectivity index (χ1n) is 7.08. The van der Waals surface area contributed by atoms with Crippen molar-refractivity contribution in [1.82, 2.24) is 4.98 Å². The number of ether oxygens (including phenoxy) is 2. The molecule has 0 aliphatic heterocycles. The monoisotopic (exact) mass is 286 g/mol. The smallest absolute Gasteiger partial charge is 0.161 e. The van der Waals surface area contributed by atoms with Crippen LogP contribution in [0.4, 0.5) is 5.69 Å². The second-order valence-corrected chi connectivity index (χ2v) is 4.97. The highest BCUT2D eigenvalue weighted by atomic mass is 16.5. The van der Waals surface area contributed by atoms with Gasteiger partial charge in [0, 0.05) is 12.4 Å². The number of methoxy groups -OCH3 is 2. The fourth-order valence-electron chi connectivity index (χ4n) is 2.33. The van der Waals surface area contributed by atoms with E-state index in [1.165, 1.54) is 0 Å². The number of nitrogens with one attached hydrogen (secondary N) is 1. The zero-order valence-corrected chi connectivity index (χ0v) is 13.0. The molecule has 1 unspecified atom stereocenters. The molecule has 1 heterocycles. The predicted octanol–water partition coefficient (Wildman–Crippen LogP) is 3.97. The molecule has 0 saturated heterocycles. The minimum absolute atomic E-state index is 0.202. The first-order valence-corrected chi connectivity index (χ1v) is 7.08. The van der Waals surface area contributed by atoms with Crippen LogP contribution in [0.3, 0.4) is 0 Å². The van der Waals surface area contributed by atoms with Gasteiger partial charge in [0.15, 0.2) is 11.5 Å². The fraction of sp³-hybridized carbons (Fsp3) is 0.353. The molecule has 0 spiro atoms. The van der Waals surface area contributed by atoms with Crippen LogP contribution in [0.25, 0.3) is 0 Å². The van der Waals surface area contributed by atoms with Gasteiger partial charge in [0.25, 0.3) is 0 Å². The predicted molar refractivity (Wildman–Crippen MR) is 85.2 cm³/mol. The van der Waals surface area contributed by atoms with Gasteiger partial charge in [-0.05, 0) is 42.7 Å². The van der Waals surface area contributed by atoms with E-state index in [4.69, 9.17) is 9.47 Å². The second-order valence-electron chi connectivity index (χ2n) is 4.97. The number of hydrogen-bond acceptors (Lipinski definition) is 4. The molecule has 0 saturated carbocycles. The Balaban J connectivity index is 2.25. The highest BCUT2D eigenvalue weighted by Crippen LogP contribution is 2.32. The van der Waals surface area contributed by atoms with Gasteiger partial charge in [0.1, 0.15) is 0 Å². The molecule has 1 aromatic carbocycles. The van der Waals surface area contributed by atoms with Gasteiger partial charge >= 0.3 is 0 Å². The molecule has 1 N–H and O–H groups in total. The molecule has 0 aliphatic rings. The number of aromatic nitrogens is 1.